The van der Waals surface area contributed by atoms with Crippen LogP contribution in [0.5, 0.6) is 5.75 Å². The highest BCUT2D eigenvalue weighted by Crippen LogP contribution is 2.33. The predicted molar refractivity (Wildman–Crippen MR) is 97.9 cm³/mol. The van der Waals surface area contributed by atoms with Crippen LogP contribution in [0.15, 0.2) is 18.3 Å². The van der Waals surface area contributed by atoms with Gasteiger partial charge in [0.25, 0.3) is 0 Å². The number of nitrogens with one attached hydrogen (secondary N) is 1. The Kier molecular flexibility index (Phi) is 4.25. The lowest BCUT2D eigenvalue weighted by molar-refractivity contribution is 0.471. The molecule has 126 valence electrons. The van der Waals surface area contributed by atoms with E-state index in [2.05, 4.69) is 26.3 Å². The molecule has 7 nitrogen and oxygen atoms in total. The van der Waals surface area contributed by atoms with E-state index in [0.29, 0.717) is 22.3 Å². The maximum Gasteiger partial charge on any atom is 0.227 e. The summed E-state index contributed by atoms with van der Waals surface area (Å²) in [7, 11) is 0. The van der Waals surface area contributed by atoms with Gasteiger partial charge in [0.05, 0.1) is 22.3 Å². The number of nitrogens with zero attached hydrogens (tertiary/aromatic N) is 4. The van der Waals surface area contributed by atoms with Gasteiger partial charge in [-0.2, -0.15) is 5.26 Å². The van der Waals surface area contributed by atoms with Gasteiger partial charge in [0.2, 0.25) is 5.95 Å². The van der Waals surface area contributed by atoms with E-state index >= 15 is 0 Å². The maximum absolute atomic E-state index is 9.77. The number of phenols is 1. The van der Waals surface area contributed by atoms with Gasteiger partial charge in [0.1, 0.15) is 17.5 Å². The number of thiazole rings is 1. The number of phenolic OH excluding ortho intramolecular Hbond substituents is 1. The number of nitrogen functional groups attached to an aromatic ring is 1. The van der Waals surface area contributed by atoms with Gasteiger partial charge in [-0.25, -0.2) is 15.0 Å². The van der Waals surface area contributed by atoms with Gasteiger partial charge in [-0.05, 0) is 44.0 Å². The topological polar surface area (TPSA) is 121 Å². The minimum absolute atomic E-state index is 0.236. The summed E-state index contributed by atoms with van der Waals surface area (Å²) in [5, 5.41) is 22.7. The number of nitrogens with two attached hydrogens (primary N) is 1. The highest BCUT2D eigenvalue weighted by Gasteiger charge is 2.16. The molecule has 3 aromatic rings. The Balaban J connectivity index is 2.05. The van der Waals surface area contributed by atoms with Crippen LogP contribution in [0.2, 0.25) is 0 Å². The lowest BCUT2D eigenvalue weighted by Gasteiger charge is -2.11. The summed E-state index contributed by atoms with van der Waals surface area (Å²) in [5.74, 6) is 0.591. The van der Waals surface area contributed by atoms with E-state index in [0.717, 1.165) is 27.4 Å². The van der Waals surface area contributed by atoms with E-state index in [4.69, 9.17) is 5.73 Å². The summed E-state index contributed by atoms with van der Waals surface area (Å²) in [6.07, 6.45) is 1.47. The molecule has 0 aliphatic rings. The molecule has 3 rings (SSSR count). The van der Waals surface area contributed by atoms with Crippen molar-refractivity contribution in [1.29, 1.82) is 5.26 Å². The van der Waals surface area contributed by atoms with Crippen LogP contribution in [0, 0.1) is 32.1 Å². The second-order valence-corrected chi connectivity index (χ2v) is 6.64. The second kappa shape index (κ2) is 6.37. The minimum Gasteiger partial charge on any atom is -0.508 e. The average Bonchev–Trinajstić information content (AvgIpc) is 2.91. The third-order valence-electron chi connectivity index (χ3n) is 3.73. The lowest BCUT2D eigenvalue weighted by atomic mass is 10.1. The second-order valence-electron chi connectivity index (χ2n) is 5.61. The first kappa shape index (κ1) is 16.7. The van der Waals surface area contributed by atoms with E-state index in [9.17, 15) is 10.4 Å². The molecule has 0 amide bonds. The van der Waals surface area contributed by atoms with E-state index in [-0.39, 0.29) is 5.75 Å². The molecule has 0 bridgehead atoms. The van der Waals surface area contributed by atoms with Crippen LogP contribution < -0.4 is 11.1 Å². The summed E-state index contributed by atoms with van der Waals surface area (Å²) in [6.45, 7) is 5.51. The first-order valence-corrected chi connectivity index (χ1v) is 8.28. The third kappa shape index (κ3) is 3.22. The smallest absolute Gasteiger partial charge is 0.227 e. The maximum atomic E-state index is 9.77. The van der Waals surface area contributed by atoms with Crippen molar-refractivity contribution in [1.82, 2.24) is 15.0 Å². The summed E-state index contributed by atoms with van der Waals surface area (Å²) in [5.41, 5.74) is 9.73. The molecule has 2 aromatic heterocycles. The number of hydrogen-bond donors (Lipinski definition) is 3. The molecule has 0 unspecified atom stereocenters. The molecule has 8 heteroatoms. The van der Waals surface area contributed by atoms with Crippen LogP contribution >= 0.6 is 11.3 Å². The van der Waals surface area contributed by atoms with Crippen LogP contribution in [0.3, 0.4) is 0 Å². The predicted octanol–water partition coefficient (Wildman–Crippen LogP) is 3.43. The molecular weight excluding hydrogens is 336 g/mol. The number of anilines is 3. The highest BCUT2D eigenvalue weighted by atomic mass is 32.1. The molecule has 0 saturated heterocycles. The number of aryl methyl sites for hydroxylation is 3. The van der Waals surface area contributed by atoms with Crippen molar-refractivity contribution in [3.05, 3.63) is 40.7 Å². The monoisotopic (exact) mass is 352 g/mol. The fourth-order valence-electron chi connectivity index (χ4n) is 2.39. The zero-order valence-electron chi connectivity index (χ0n) is 14.0. The standard InChI is InChI=1S/C17H16N6OS/c1-8-5-13(24)9(2)4-12(8)22-17-20-7-11(6-18)14(23-17)15-10(3)21-16(19)25-15/h4-5,7,24H,1-3H3,(H2,19,21)(H,20,22,23). The molecule has 4 N–H and O–H groups in total. The van der Waals surface area contributed by atoms with Gasteiger partial charge in [-0.15, -0.1) is 0 Å². The normalized spacial score (nSPS) is 10.5. The molecule has 0 spiro atoms. The third-order valence-corrected chi connectivity index (χ3v) is 4.72. The van der Waals surface area contributed by atoms with E-state index in [1.54, 1.807) is 6.07 Å². The van der Waals surface area contributed by atoms with Crippen LogP contribution in [0.25, 0.3) is 10.6 Å². The van der Waals surface area contributed by atoms with E-state index in [1.807, 2.05) is 26.8 Å². The van der Waals surface area contributed by atoms with Crippen LogP contribution in [0.4, 0.5) is 16.8 Å². The first-order valence-electron chi connectivity index (χ1n) is 7.46. The Bertz CT molecular complexity index is 1010. The number of nitriles is 1. The average molecular weight is 352 g/mol. The van der Waals surface area contributed by atoms with Gasteiger partial charge in [0, 0.05) is 5.69 Å². The number of benzene rings is 1. The largest absolute Gasteiger partial charge is 0.508 e. The van der Waals surface area contributed by atoms with Crippen LogP contribution in [0.1, 0.15) is 22.4 Å². The zero-order chi connectivity index (χ0) is 18.1. The van der Waals surface area contributed by atoms with Gasteiger partial charge >= 0.3 is 0 Å². The Morgan fingerprint density at radius 3 is 2.60 bits per heavy atom. The molecule has 0 aliphatic carbocycles. The van der Waals surface area contributed by atoms with Gasteiger partial charge in [-0.3, -0.25) is 0 Å². The quantitative estimate of drug-likeness (QED) is 0.617. The van der Waals surface area contributed by atoms with Crippen molar-refractivity contribution in [2.24, 2.45) is 0 Å². The van der Waals surface area contributed by atoms with Crippen molar-refractivity contribution in [2.45, 2.75) is 20.8 Å². The number of aromatic hydroxyl groups is 1. The van der Waals surface area contributed by atoms with E-state index in [1.165, 1.54) is 17.5 Å². The number of rotatable bonds is 3. The van der Waals surface area contributed by atoms with Gasteiger partial charge < -0.3 is 16.2 Å². The Morgan fingerprint density at radius 1 is 1.20 bits per heavy atom. The van der Waals surface area contributed by atoms with Gasteiger partial charge in [-0.1, -0.05) is 11.3 Å². The van der Waals surface area contributed by atoms with Crippen molar-refractivity contribution < 1.29 is 5.11 Å². The number of aromatic nitrogens is 3. The van der Waals surface area contributed by atoms with Gasteiger partial charge in [0.15, 0.2) is 5.13 Å². The molecular formula is C17H16N6OS. The molecule has 25 heavy (non-hydrogen) atoms. The van der Waals surface area contributed by atoms with Crippen molar-refractivity contribution in [3.8, 4) is 22.4 Å². The van der Waals surface area contributed by atoms with Crippen molar-refractivity contribution >= 4 is 28.1 Å². The van der Waals surface area contributed by atoms with Crippen LogP contribution in [-0.2, 0) is 0 Å². The zero-order valence-corrected chi connectivity index (χ0v) is 14.8. The molecule has 0 radical (unpaired) electrons. The summed E-state index contributed by atoms with van der Waals surface area (Å²) >= 11 is 1.28. The highest BCUT2D eigenvalue weighted by molar-refractivity contribution is 7.18. The fourth-order valence-corrected chi connectivity index (χ4v) is 3.23. The fraction of sp³-hybridized carbons (Fsp3) is 0.176. The van der Waals surface area contributed by atoms with Crippen molar-refractivity contribution in [2.75, 3.05) is 11.1 Å². The summed E-state index contributed by atoms with van der Waals surface area (Å²) in [6, 6.07) is 5.60. The Morgan fingerprint density at radius 2 is 1.96 bits per heavy atom. The Hall–Kier alpha value is -3.18. The first-order chi connectivity index (χ1) is 11.9. The molecule has 0 atom stereocenters. The summed E-state index contributed by atoms with van der Waals surface area (Å²) in [4.78, 5) is 13.6. The van der Waals surface area contributed by atoms with Crippen molar-refractivity contribution in [3.63, 3.8) is 0 Å². The Labute approximate surface area is 148 Å². The van der Waals surface area contributed by atoms with Crippen LogP contribution in [-0.4, -0.2) is 20.1 Å². The molecule has 1 aromatic carbocycles. The lowest BCUT2D eigenvalue weighted by Crippen LogP contribution is -2.02. The molecule has 0 aliphatic heterocycles. The molecule has 0 fully saturated rings. The minimum atomic E-state index is 0.236. The summed E-state index contributed by atoms with van der Waals surface area (Å²) < 4.78 is 0. The van der Waals surface area contributed by atoms with E-state index < -0.39 is 0 Å². The SMILES string of the molecule is Cc1cc(Nc2ncc(C#N)c(-c3sc(N)nc3C)n2)c(C)cc1O. The molecule has 2 heterocycles. The number of hydrogen-bond acceptors (Lipinski definition) is 8. The molecule has 0 saturated carbocycles.